The van der Waals surface area contributed by atoms with Gasteiger partial charge >= 0.3 is 0 Å². The molecule has 0 spiro atoms. The number of nitrogens with one attached hydrogen (secondary N) is 1. The molecule has 1 fully saturated rings. The number of hydrogen-bond donors (Lipinski definition) is 1. The van der Waals surface area contributed by atoms with Crippen LogP contribution in [-0.4, -0.2) is 31.1 Å². The molecular formula is C53H103FN2. The zero-order valence-electron chi connectivity index (χ0n) is 41.1. The van der Waals surface area contributed by atoms with E-state index in [4.69, 9.17) is 0 Å². The average Bonchev–Trinajstić information content (AvgIpc) is 3.16. The van der Waals surface area contributed by atoms with Gasteiger partial charge in [-0.1, -0.05) is 169 Å². The van der Waals surface area contributed by atoms with Crippen molar-refractivity contribution in [2.75, 3.05) is 26.2 Å². The van der Waals surface area contributed by atoms with Gasteiger partial charge in [0.05, 0.1) is 5.83 Å². The zero-order chi connectivity index (χ0) is 43.8. The van der Waals surface area contributed by atoms with Crippen LogP contribution in [0.3, 0.4) is 0 Å². The van der Waals surface area contributed by atoms with Crippen molar-refractivity contribution >= 4 is 0 Å². The summed E-state index contributed by atoms with van der Waals surface area (Å²) in [5, 5.41) is 3.65. The maximum Gasteiger partial charge on any atom is 0.0961 e. The van der Waals surface area contributed by atoms with E-state index < -0.39 is 0 Å². The summed E-state index contributed by atoms with van der Waals surface area (Å²) in [6.45, 7) is 46.2. The molecule has 1 N–H and O–H groups in total. The Kier molecular flexibility index (Phi) is 46.4. The van der Waals surface area contributed by atoms with E-state index in [1.807, 2.05) is 20.8 Å². The molecule has 0 aromatic rings. The lowest BCUT2D eigenvalue weighted by atomic mass is 9.82. The second-order valence-electron chi connectivity index (χ2n) is 17.4. The van der Waals surface area contributed by atoms with E-state index in [2.05, 4.69) is 124 Å². The molecule has 0 saturated carbocycles. The van der Waals surface area contributed by atoms with Crippen molar-refractivity contribution in [3.63, 3.8) is 0 Å². The summed E-state index contributed by atoms with van der Waals surface area (Å²) in [4.78, 5) is 2.47. The highest BCUT2D eigenvalue weighted by Gasteiger charge is 2.26. The van der Waals surface area contributed by atoms with E-state index in [1.165, 1.54) is 138 Å². The van der Waals surface area contributed by atoms with Crippen molar-refractivity contribution < 1.29 is 4.39 Å². The van der Waals surface area contributed by atoms with E-state index >= 15 is 0 Å². The van der Waals surface area contributed by atoms with Crippen LogP contribution < -0.4 is 5.32 Å². The lowest BCUT2D eigenvalue weighted by molar-refractivity contribution is 0.123. The molecule has 0 amide bonds. The lowest BCUT2D eigenvalue weighted by Gasteiger charge is -2.38. The van der Waals surface area contributed by atoms with Gasteiger partial charge < -0.3 is 10.2 Å². The number of rotatable bonds is 21. The van der Waals surface area contributed by atoms with E-state index in [-0.39, 0.29) is 5.83 Å². The molecule has 0 aromatic heterocycles. The summed E-state index contributed by atoms with van der Waals surface area (Å²) in [6.07, 6.45) is 32.4. The fourth-order valence-electron chi connectivity index (χ4n) is 6.66. The molecule has 332 valence electrons. The van der Waals surface area contributed by atoms with Crippen molar-refractivity contribution in [1.29, 1.82) is 0 Å². The predicted octanol–water partition coefficient (Wildman–Crippen LogP) is 18.1. The molecular weight excluding hydrogens is 684 g/mol. The fourth-order valence-corrected chi connectivity index (χ4v) is 6.66. The maximum absolute atomic E-state index is 13.1. The van der Waals surface area contributed by atoms with Gasteiger partial charge in [0.1, 0.15) is 0 Å². The molecule has 0 aromatic carbocycles. The topological polar surface area (TPSA) is 15.3 Å². The Balaban J connectivity index is -0.000000361. The molecule has 1 unspecified atom stereocenters. The van der Waals surface area contributed by atoms with Gasteiger partial charge in [0.15, 0.2) is 0 Å². The van der Waals surface area contributed by atoms with E-state index in [1.54, 1.807) is 6.92 Å². The van der Waals surface area contributed by atoms with Crippen LogP contribution in [0.15, 0.2) is 71.8 Å². The third-order valence-electron chi connectivity index (χ3n) is 10.4. The minimum Gasteiger partial charge on any atom is -0.385 e. The summed E-state index contributed by atoms with van der Waals surface area (Å²) in [7, 11) is 0. The number of allylic oxidation sites excluding steroid dienone is 7. The second kappa shape index (κ2) is 42.7. The summed E-state index contributed by atoms with van der Waals surface area (Å²) in [5.41, 5.74) is 7.09. The van der Waals surface area contributed by atoms with Gasteiger partial charge in [0, 0.05) is 18.8 Å². The first-order valence-electron chi connectivity index (χ1n) is 23.6. The SMILES string of the molecule is C/C(F)=C(/C)C(C)CN1CCC(C)(C)CC1.C=C.C=C(C)CCCCCCCCCCCCNC1=CCCC=C1CC.CC.CC(C)=CC(C)C.CCCCC. The Labute approximate surface area is 354 Å². The molecule has 2 aliphatic rings. The van der Waals surface area contributed by atoms with Crippen molar-refractivity contribution in [2.24, 2.45) is 17.3 Å². The molecule has 0 bridgehead atoms. The molecule has 2 rings (SSSR count). The number of nitrogens with zero attached hydrogens (tertiary/aromatic N) is 1. The van der Waals surface area contributed by atoms with Gasteiger partial charge in [-0.25, -0.2) is 4.39 Å². The largest absolute Gasteiger partial charge is 0.385 e. The molecule has 1 heterocycles. The smallest absolute Gasteiger partial charge is 0.0961 e. The van der Waals surface area contributed by atoms with Crippen LogP contribution in [0.25, 0.3) is 0 Å². The quantitative estimate of drug-likeness (QED) is 0.0921. The number of hydrogen-bond acceptors (Lipinski definition) is 2. The van der Waals surface area contributed by atoms with Crippen LogP contribution in [0, 0.1) is 17.3 Å². The van der Waals surface area contributed by atoms with Crippen LogP contribution in [0.2, 0.25) is 0 Å². The Bertz CT molecular complexity index is 991. The summed E-state index contributed by atoms with van der Waals surface area (Å²) >= 11 is 0. The first kappa shape index (κ1) is 60.8. The van der Waals surface area contributed by atoms with Crippen molar-refractivity contribution in [3.05, 3.63) is 71.8 Å². The summed E-state index contributed by atoms with van der Waals surface area (Å²) in [5.74, 6) is 1.04. The zero-order valence-corrected chi connectivity index (χ0v) is 41.1. The highest BCUT2D eigenvalue weighted by atomic mass is 19.1. The van der Waals surface area contributed by atoms with Crippen LogP contribution in [0.4, 0.5) is 4.39 Å². The monoisotopic (exact) mass is 787 g/mol. The maximum atomic E-state index is 13.1. The van der Waals surface area contributed by atoms with Crippen LogP contribution in [0.5, 0.6) is 0 Å². The van der Waals surface area contributed by atoms with Crippen molar-refractivity contribution in [1.82, 2.24) is 10.2 Å². The Morgan fingerprint density at radius 3 is 1.61 bits per heavy atom. The number of piperidine rings is 1. The number of unbranched alkanes of at least 4 members (excludes halogenated alkanes) is 11. The molecule has 1 saturated heterocycles. The molecule has 1 aliphatic carbocycles. The Morgan fingerprint density at radius 1 is 0.768 bits per heavy atom. The summed E-state index contributed by atoms with van der Waals surface area (Å²) in [6, 6.07) is 0. The van der Waals surface area contributed by atoms with Gasteiger partial charge in [0.25, 0.3) is 0 Å². The summed E-state index contributed by atoms with van der Waals surface area (Å²) < 4.78 is 13.1. The van der Waals surface area contributed by atoms with Crippen molar-refractivity contribution in [3.8, 4) is 0 Å². The third-order valence-corrected chi connectivity index (χ3v) is 10.4. The second-order valence-corrected chi connectivity index (χ2v) is 17.4. The normalized spacial score (nSPS) is 15.4. The van der Waals surface area contributed by atoms with Gasteiger partial charge in [-0.3, -0.25) is 0 Å². The third kappa shape index (κ3) is 41.8. The van der Waals surface area contributed by atoms with Crippen molar-refractivity contribution in [2.45, 2.75) is 226 Å². The van der Waals surface area contributed by atoms with Gasteiger partial charge in [-0.05, 0) is 127 Å². The van der Waals surface area contributed by atoms with E-state index in [0.29, 0.717) is 17.3 Å². The van der Waals surface area contributed by atoms with E-state index in [9.17, 15) is 4.39 Å². The predicted molar refractivity (Wildman–Crippen MR) is 259 cm³/mol. The minimum absolute atomic E-state index is 0.00941. The number of likely N-dealkylation sites (tertiary alicyclic amines) is 1. The first-order valence-corrected chi connectivity index (χ1v) is 23.6. The van der Waals surface area contributed by atoms with Gasteiger partial charge in [0.2, 0.25) is 0 Å². The number of halogens is 1. The highest BCUT2D eigenvalue weighted by molar-refractivity contribution is 5.31. The van der Waals surface area contributed by atoms with E-state index in [0.717, 1.165) is 38.2 Å². The highest BCUT2D eigenvalue weighted by Crippen LogP contribution is 2.30. The molecule has 3 heteroatoms. The lowest BCUT2D eigenvalue weighted by Crippen LogP contribution is -2.39. The van der Waals surface area contributed by atoms with Gasteiger partial charge in [-0.2, -0.15) is 0 Å². The molecule has 1 atom stereocenters. The Hall–Kier alpha value is -1.87. The van der Waals surface area contributed by atoms with Crippen LogP contribution in [-0.2, 0) is 0 Å². The minimum atomic E-state index is -0.00941. The molecule has 2 nitrogen and oxygen atoms in total. The van der Waals surface area contributed by atoms with Gasteiger partial charge in [-0.15, -0.1) is 19.7 Å². The average molecular weight is 787 g/mol. The fraction of sp³-hybridized carbons (Fsp3) is 0.774. The first-order chi connectivity index (χ1) is 26.6. The molecule has 1 aliphatic heterocycles. The standard InChI is InChI=1S/C23H41N.C14H26FN.C7H14.C5H12.C2H6.C2H4/c1-4-22-18-14-15-19-23(22)24-20-16-12-10-8-6-5-7-9-11-13-17-21(2)3;1-11(12(2)13(3)15)10-16-8-6-14(4,5)7-9-16;1-6(2)5-7(3)4;1-3-5-4-2;2*1-2/h18-19,24H,2,4-17,20H2,1,3H3;11H,6-10H2,1-5H3;5-6H,1-4H3;3-5H2,1-2H3;1-2H3;1-2H2/b;13-12+;;;;. The molecule has 0 radical (unpaired) electrons. The van der Waals surface area contributed by atoms with Crippen LogP contribution >= 0.6 is 0 Å². The Morgan fingerprint density at radius 2 is 1.23 bits per heavy atom. The molecule has 56 heavy (non-hydrogen) atoms. The van der Waals surface area contributed by atoms with Crippen LogP contribution in [0.1, 0.15) is 226 Å².